The van der Waals surface area contributed by atoms with Crippen molar-refractivity contribution in [1.29, 1.82) is 0 Å². The molecule has 1 heterocycles. The molecule has 0 unspecified atom stereocenters. The molecule has 1 N–H and O–H groups in total. The lowest BCUT2D eigenvalue weighted by molar-refractivity contribution is -0.0523. The Kier molecular flexibility index (Phi) is 7.24. The van der Waals surface area contributed by atoms with Gasteiger partial charge in [-0.05, 0) is 49.4 Å². The fourth-order valence-electron chi connectivity index (χ4n) is 3.98. The maximum absolute atomic E-state index is 13.5. The molecule has 1 aliphatic rings. The molecule has 0 aliphatic heterocycles. The first-order valence-electron chi connectivity index (χ1n) is 10.5. The molecule has 0 bridgehead atoms. The molecule has 0 atom stereocenters. The number of amides is 2. The third-order valence-electron chi connectivity index (χ3n) is 5.42. The van der Waals surface area contributed by atoms with Gasteiger partial charge in [0.2, 0.25) is 5.88 Å². The van der Waals surface area contributed by atoms with Gasteiger partial charge in [0, 0.05) is 17.4 Å². The highest BCUT2D eigenvalue weighted by atomic mass is 19.3. The van der Waals surface area contributed by atoms with Crippen LogP contribution in [0.15, 0.2) is 36.4 Å². The van der Waals surface area contributed by atoms with Gasteiger partial charge in [0.05, 0.1) is 0 Å². The van der Waals surface area contributed by atoms with E-state index in [1.54, 1.807) is 24.0 Å². The predicted molar refractivity (Wildman–Crippen MR) is 115 cm³/mol. The van der Waals surface area contributed by atoms with Gasteiger partial charge in [-0.15, -0.1) is 0 Å². The van der Waals surface area contributed by atoms with E-state index in [2.05, 4.69) is 28.9 Å². The van der Waals surface area contributed by atoms with Gasteiger partial charge in [0.15, 0.2) is 0 Å². The van der Waals surface area contributed by atoms with Gasteiger partial charge in [0.1, 0.15) is 5.69 Å². The second-order valence-corrected chi connectivity index (χ2v) is 7.99. The van der Waals surface area contributed by atoms with E-state index in [0.717, 1.165) is 43.4 Å². The number of halogens is 2. The molecular weight excluding hydrogens is 388 g/mol. The lowest BCUT2D eigenvalue weighted by Gasteiger charge is -2.36. The summed E-state index contributed by atoms with van der Waals surface area (Å²) in [5.41, 5.74) is 2.59. The number of nitrogens with zero attached hydrogens (tertiary/aromatic N) is 2. The normalized spacial score (nSPS) is 14.8. The van der Waals surface area contributed by atoms with E-state index in [9.17, 15) is 13.6 Å². The highest BCUT2D eigenvalue weighted by Crippen LogP contribution is 2.34. The first-order chi connectivity index (χ1) is 14.4. The van der Waals surface area contributed by atoms with E-state index in [-0.39, 0.29) is 29.6 Å². The van der Waals surface area contributed by atoms with Crippen LogP contribution in [0.3, 0.4) is 0 Å². The number of ether oxygens (including phenoxy) is 1. The molecule has 1 fully saturated rings. The summed E-state index contributed by atoms with van der Waals surface area (Å²) in [5, 5.41) is 2.77. The van der Waals surface area contributed by atoms with Gasteiger partial charge >= 0.3 is 12.6 Å². The Balaban J connectivity index is 1.96. The van der Waals surface area contributed by atoms with Crippen LogP contribution in [0.25, 0.3) is 0 Å². The largest absolute Gasteiger partial charge is 0.415 e. The number of urea groups is 1. The van der Waals surface area contributed by atoms with Crippen LogP contribution in [-0.2, 0) is 0 Å². The van der Waals surface area contributed by atoms with Gasteiger partial charge in [0.25, 0.3) is 0 Å². The summed E-state index contributed by atoms with van der Waals surface area (Å²) >= 11 is 0. The molecule has 0 spiro atoms. The number of anilines is 2. The fourth-order valence-corrected chi connectivity index (χ4v) is 3.98. The number of hydrogen-bond donors (Lipinski definition) is 1. The maximum atomic E-state index is 13.5. The molecule has 1 aromatic carbocycles. The number of alkyl halides is 2. The topological polar surface area (TPSA) is 54.5 Å². The standard InChI is InChI=1S/C23H29F2N3O2/c1-15(2)18-11-7-8-12-20(18)28(17-9-5-4-6-10-17)23(29)27-19-14-13-16(3)26-21(19)30-22(24)25/h7-8,11-15,17,22H,4-6,9-10H2,1-3H3,(H,27,29). The van der Waals surface area contributed by atoms with Crippen LogP contribution in [-0.4, -0.2) is 23.7 Å². The molecule has 3 rings (SSSR count). The van der Waals surface area contributed by atoms with E-state index in [4.69, 9.17) is 0 Å². The Morgan fingerprint density at radius 3 is 2.50 bits per heavy atom. The van der Waals surface area contributed by atoms with Crippen molar-refractivity contribution >= 4 is 17.4 Å². The second kappa shape index (κ2) is 9.87. The van der Waals surface area contributed by atoms with Crippen LogP contribution < -0.4 is 15.0 Å². The third-order valence-corrected chi connectivity index (χ3v) is 5.42. The zero-order valence-corrected chi connectivity index (χ0v) is 17.7. The number of rotatable bonds is 6. The second-order valence-electron chi connectivity index (χ2n) is 7.99. The van der Waals surface area contributed by atoms with E-state index >= 15 is 0 Å². The number of nitrogens with one attached hydrogen (secondary N) is 1. The van der Waals surface area contributed by atoms with Gasteiger partial charge in [-0.25, -0.2) is 9.78 Å². The minimum Gasteiger partial charge on any atom is -0.415 e. The van der Waals surface area contributed by atoms with Crippen LogP contribution in [0.2, 0.25) is 0 Å². The molecule has 0 saturated heterocycles. The molecule has 7 heteroatoms. The van der Waals surface area contributed by atoms with Crippen molar-refractivity contribution in [3.05, 3.63) is 47.7 Å². The Morgan fingerprint density at radius 2 is 1.83 bits per heavy atom. The van der Waals surface area contributed by atoms with Crippen molar-refractivity contribution in [2.45, 2.75) is 71.4 Å². The summed E-state index contributed by atoms with van der Waals surface area (Å²) in [5.74, 6) is -0.0436. The Bertz CT molecular complexity index is 867. The van der Waals surface area contributed by atoms with Crippen LogP contribution in [0, 0.1) is 6.92 Å². The molecule has 30 heavy (non-hydrogen) atoms. The van der Waals surface area contributed by atoms with Gasteiger partial charge in [-0.3, -0.25) is 4.90 Å². The van der Waals surface area contributed by atoms with Crippen molar-refractivity contribution in [2.75, 3.05) is 10.2 Å². The summed E-state index contributed by atoms with van der Waals surface area (Å²) in [6.45, 7) is 2.84. The number of aromatic nitrogens is 1. The van der Waals surface area contributed by atoms with Crippen molar-refractivity contribution in [3.8, 4) is 5.88 Å². The van der Waals surface area contributed by atoms with Gasteiger partial charge in [-0.1, -0.05) is 51.3 Å². The maximum Gasteiger partial charge on any atom is 0.388 e. The minimum atomic E-state index is -3.02. The van der Waals surface area contributed by atoms with E-state index in [1.165, 1.54) is 0 Å². The van der Waals surface area contributed by atoms with E-state index in [1.807, 2.05) is 24.3 Å². The molecule has 1 saturated carbocycles. The summed E-state index contributed by atoms with van der Waals surface area (Å²) in [4.78, 5) is 19.3. The van der Waals surface area contributed by atoms with E-state index < -0.39 is 6.61 Å². The molecular formula is C23H29F2N3O2. The average Bonchev–Trinajstić information content (AvgIpc) is 2.71. The lowest BCUT2D eigenvalue weighted by Crippen LogP contribution is -2.44. The Hall–Kier alpha value is -2.70. The number of carbonyl (C=O) groups excluding carboxylic acids is 1. The minimum absolute atomic E-state index is 0.0523. The molecule has 1 aromatic heterocycles. The number of pyridine rings is 1. The number of para-hydroxylation sites is 1. The van der Waals surface area contributed by atoms with Crippen molar-refractivity contribution in [1.82, 2.24) is 4.98 Å². The summed E-state index contributed by atoms with van der Waals surface area (Å²) in [6, 6.07) is 10.8. The average molecular weight is 418 g/mol. The zero-order valence-electron chi connectivity index (χ0n) is 17.7. The SMILES string of the molecule is Cc1ccc(NC(=O)N(c2ccccc2C(C)C)C2CCCCC2)c(OC(F)F)n1. The molecule has 2 aromatic rings. The van der Waals surface area contributed by atoms with Crippen LogP contribution in [0.4, 0.5) is 25.0 Å². The monoisotopic (exact) mass is 417 g/mol. The Morgan fingerprint density at radius 1 is 1.13 bits per heavy atom. The van der Waals surface area contributed by atoms with Crippen LogP contribution in [0.5, 0.6) is 5.88 Å². The molecule has 0 radical (unpaired) electrons. The van der Waals surface area contributed by atoms with Crippen molar-refractivity contribution < 1.29 is 18.3 Å². The summed E-state index contributed by atoms with van der Waals surface area (Å²) in [7, 11) is 0. The fraction of sp³-hybridized carbons (Fsp3) is 0.478. The number of carbonyl (C=O) groups is 1. The number of aryl methyl sites for hydroxylation is 1. The number of hydrogen-bond acceptors (Lipinski definition) is 3. The quantitative estimate of drug-likeness (QED) is 0.585. The van der Waals surface area contributed by atoms with Crippen LogP contribution in [0.1, 0.15) is 63.1 Å². The molecule has 1 aliphatic carbocycles. The van der Waals surface area contributed by atoms with Gasteiger partial charge in [-0.2, -0.15) is 8.78 Å². The van der Waals surface area contributed by atoms with Gasteiger partial charge < -0.3 is 10.1 Å². The molecule has 5 nitrogen and oxygen atoms in total. The van der Waals surface area contributed by atoms with Crippen LogP contribution >= 0.6 is 0 Å². The van der Waals surface area contributed by atoms with E-state index in [0.29, 0.717) is 5.69 Å². The lowest BCUT2D eigenvalue weighted by atomic mass is 9.92. The number of benzene rings is 1. The first-order valence-corrected chi connectivity index (χ1v) is 10.5. The summed E-state index contributed by atoms with van der Waals surface area (Å²) < 4.78 is 30.2. The molecule has 2 amide bonds. The smallest absolute Gasteiger partial charge is 0.388 e. The highest BCUT2D eigenvalue weighted by Gasteiger charge is 2.30. The Labute approximate surface area is 176 Å². The van der Waals surface area contributed by atoms with Crippen molar-refractivity contribution in [3.63, 3.8) is 0 Å². The van der Waals surface area contributed by atoms with Crippen molar-refractivity contribution in [2.24, 2.45) is 0 Å². The zero-order chi connectivity index (χ0) is 21.7. The third kappa shape index (κ3) is 5.26. The predicted octanol–water partition coefficient (Wildman–Crippen LogP) is 6.49. The highest BCUT2D eigenvalue weighted by molar-refractivity contribution is 6.03. The molecule has 162 valence electrons. The summed E-state index contributed by atoms with van der Waals surface area (Å²) in [6.07, 6.45) is 5.10. The first kappa shape index (κ1) is 22.0.